The number of alkyl halides is 4. The fourth-order valence-electron chi connectivity index (χ4n) is 1.87. The van der Waals surface area contributed by atoms with Crippen molar-refractivity contribution in [3.8, 4) is 0 Å². The van der Waals surface area contributed by atoms with Crippen molar-refractivity contribution in [1.82, 2.24) is 5.01 Å². The van der Waals surface area contributed by atoms with Crippen LogP contribution in [-0.4, -0.2) is 28.0 Å². The first kappa shape index (κ1) is 14.0. The minimum absolute atomic E-state index is 0.270. The highest BCUT2D eigenvalue weighted by Crippen LogP contribution is 2.34. The highest BCUT2D eigenvalue weighted by atomic mass is 79.9. The molecule has 1 aliphatic heterocycles. The van der Waals surface area contributed by atoms with Crippen molar-refractivity contribution < 1.29 is 18.0 Å². The van der Waals surface area contributed by atoms with E-state index in [0.29, 0.717) is 0 Å². The van der Waals surface area contributed by atoms with E-state index < -0.39 is 16.1 Å². The summed E-state index contributed by atoms with van der Waals surface area (Å²) in [5, 5.41) is 5.12. The molecule has 0 saturated carbocycles. The van der Waals surface area contributed by atoms with Crippen LogP contribution in [0.4, 0.5) is 13.2 Å². The molecule has 102 valence electrons. The minimum Gasteiger partial charge on any atom is -0.271 e. The monoisotopic (exact) mass is 334 g/mol. The average Bonchev–Trinajstić information content (AvgIpc) is 2.52. The van der Waals surface area contributed by atoms with Gasteiger partial charge in [-0.2, -0.15) is 18.3 Å². The van der Waals surface area contributed by atoms with E-state index in [1.165, 1.54) is 19.2 Å². The van der Waals surface area contributed by atoms with Crippen molar-refractivity contribution in [3.05, 3.63) is 35.4 Å². The molecule has 0 aliphatic carbocycles. The van der Waals surface area contributed by atoms with Crippen molar-refractivity contribution in [2.75, 3.05) is 7.05 Å². The van der Waals surface area contributed by atoms with E-state index >= 15 is 0 Å². The number of nitrogens with zero attached hydrogens (tertiary/aromatic N) is 2. The van der Waals surface area contributed by atoms with Crippen LogP contribution >= 0.6 is 15.9 Å². The minimum atomic E-state index is -4.42. The Balaban J connectivity index is 2.49. The lowest BCUT2D eigenvalue weighted by atomic mass is 9.97. The van der Waals surface area contributed by atoms with Crippen LogP contribution in [0.25, 0.3) is 0 Å². The Kier molecular flexibility index (Phi) is 3.20. The molecule has 1 amide bonds. The van der Waals surface area contributed by atoms with Crippen LogP contribution in [0.1, 0.15) is 18.1 Å². The van der Waals surface area contributed by atoms with Crippen LogP contribution in [0.2, 0.25) is 0 Å². The number of rotatable bonds is 1. The number of halogens is 4. The normalized spacial score (nSPS) is 23.8. The number of amides is 1. The summed E-state index contributed by atoms with van der Waals surface area (Å²) < 4.78 is 36.9. The summed E-state index contributed by atoms with van der Waals surface area (Å²) in [7, 11) is 1.46. The summed E-state index contributed by atoms with van der Waals surface area (Å²) in [5.74, 6) is -0.320. The molecule has 19 heavy (non-hydrogen) atoms. The third kappa shape index (κ3) is 2.39. The standard InChI is InChI=1S/C12H10BrF3N2O/c1-11(13)9(17-18(2)10(11)19)7-4-3-5-8(6-7)12(14,15)16/h3-6H,1-2H3. The van der Waals surface area contributed by atoms with Gasteiger partial charge in [0, 0.05) is 12.6 Å². The van der Waals surface area contributed by atoms with Crippen molar-refractivity contribution in [3.63, 3.8) is 0 Å². The maximum Gasteiger partial charge on any atom is 0.416 e. The summed E-state index contributed by atoms with van der Waals surface area (Å²) in [4.78, 5) is 11.8. The van der Waals surface area contributed by atoms with Gasteiger partial charge in [-0.15, -0.1) is 0 Å². The predicted molar refractivity (Wildman–Crippen MR) is 68.1 cm³/mol. The van der Waals surface area contributed by atoms with Gasteiger partial charge in [0.25, 0.3) is 5.91 Å². The molecular weight excluding hydrogens is 325 g/mol. The van der Waals surface area contributed by atoms with Gasteiger partial charge in [-0.1, -0.05) is 28.1 Å². The third-order valence-electron chi connectivity index (χ3n) is 2.85. The van der Waals surface area contributed by atoms with E-state index in [1.807, 2.05) is 0 Å². The van der Waals surface area contributed by atoms with Crippen LogP contribution in [0.15, 0.2) is 29.4 Å². The zero-order valence-corrected chi connectivity index (χ0v) is 11.7. The Morgan fingerprint density at radius 3 is 2.47 bits per heavy atom. The number of hydrogen-bond donors (Lipinski definition) is 0. The van der Waals surface area contributed by atoms with Gasteiger partial charge < -0.3 is 0 Å². The summed E-state index contributed by atoms with van der Waals surface area (Å²) in [6.45, 7) is 1.57. The Morgan fingerprint density at radius 1 is 1.37 bits per heavy atom. The molecule has 2 rings (SSSR count). The fourth-order valence-corrected chi connectivity index (χ4v) is 2.43. The van der Waals surface area contributed by atoms with E-state index in [-0.39, 0.29) is 17.2 Å². The lowest BCUT2D eigenvalue weighted by Gasteiger charge is -2.16. The van der Waals surface area contributed by atoms with Crippen LogP contribution in [-0.2, 0) is 11.0 Å². The Hall–Kier alpha value is -1.37. The molecule has 7 heteroatoms. The molecular formula is C12H10BrF3N2O. The topological polar surface area (TPSA) is 32.7 Å². The molecule has 0 aromatic heterocycles. The van der Waals surface area contributed by atoms with E-state index in [9.17, 15) is 18.0 Å². The molecule has 1 atom stereocenters. The quantitative estimate of drug-likeness (QED) is 0.726. The number of benzene rings is 1. The third-order valence-corrected chi connectivity index (χ3v) is 3.57. The van der Waals surface area contributed by atoms with Crippen molar-refractivity contribution in [1.29, 1.82) is 0 Å². The lowest BCUT2D eigenvalue weighted by Crippen LogP contribution is -2.37. The lowest BCUT2D eigenvalue weighted by molar-refractivity contribution is -0.137. The largest absolute Gasteiger partial charge is 0.416 e. The molecule has 0 radical (unpaired) electrons. The van der Waals surface area contributed by atoms with Crippen LogP contribution < -0.4 is 0 Å². The van der Waals surface area contributed by atoms with Crippen molar-refractivity contribution in [2.45, 2.75) is 17.4 Å². The number of carbonyl (C=O) groups excluding carboxylic acids is 1. The van der Waals surface area contributed by atoms with E-state index in [4.69, 9.17) is 0 Å². The summed E-state index contributed by atoms with van der Waals surface area (Å²) >= 11 is 3.22. The van der Waals surface area contributed by atoms with Gasteiger partial charge in [0.2, 0.25) is 0 Å². The van der Waals surface area contributed by atoms with Crippen LogP contribution in [0, 0.1) is 0 Å². The van der Waals surface area contributed by atoms with Gasteiger partial charge in [0.05, 0.1) is 11.3 Å². The van der Waals surface area contributed by atoms with Gasteiger partial charge in [-0.05, 0) is 19.1 Å². The van der Waals surface area contributed by atoms with Crippen molar-refractivity contribution >= 4 is 27.5 Å². The molecule has 1 aromatic rings. The van der Waals surface area contributed by atoms with E-state index in [0.717, 1.165) is 17.1 Å². The smallest absolute Gasteiger partial charge is 0.271 e. The average molecular weight is 335 g/mol. The van der Waals surface area contributed by atoms with E-state index in [1.54, 1.807) is 6.92 Å². The van der Waals surface area contributed by atoms with Gasteiger partial charge in [0.15, 0.2) is 0 Å². The summed E-state index contributed by atoms with van der Waals surface area (Å²) in [6, 6.07) is 4.77. The molecule has 0 spiro atoms. The van der Waals surface area contributed by atoms with Crippen molar-refractivity contribution in [2.24, 2.45) is 5.10 Å². The molecule has 1 aliphatic rings. The Labute approximate surface area is 116 Å². The SMILES string of the molecule is CN1N=C(c2cccc(C(F)(F)F)c2)C(C)(Br)C1=O. The molecule has 0 N–H and O–H groups in total. The number of carbonyl (C=O) groups is 1. The summed E-state index contributed by atoms with van der Waals surface area (Å²) in [6.07, 6.45) is -4.42. The molecule has 0 fully saturated rings. The number of hydrogen-bond acceptors (Lipinski definition) is 2. The molecule has 1 heterocycles. The van der Waals surface area contributed by atoms with Gasteiger partial charge >= 0.3 is 6.18 Å². The Bertz CT molecular complexity index is 566. The van der Waals surface area contributed by atoms with Gasteiger partial charge in [0.1, 0.15) is 4.32 Å². The van der Waals surface area contributed by atoms with E-state index in [2.05, 4.69) is 21.0 Å². The fraction of sp³-hybridized carbons (Fsp3) is 0.333. The molecule has 1 aromatic carbocycles. The highest BCUT2D eigenvalue weighted by molar-refractivity contribution is 9.10. The maximum absolute atomic E-state index is 12.7. The molecule has 0 bridgehead atoms. The second-order valence-corrected chi connectivity index (χ2v) is 5.94. The van der Waals surface area contributed by atoms with Gasteiger partial charge in [-0.3, -0.25) is 4.79 Å². The molecule has 0 saturated heterocycles. The second kappa shape index (κ2) is 4.33. The Morgan fingerprint density at radius 2 is 2.00 bits per heavy atom. The second-order valence-electron chi connectivity index (χ2n) is 4.36. The molecule has 3 nitrogen and oxygen atoms in total. The highest BCUT2D eigenvalue weighted by Gasteiger charge is 2.45. The zero-order valence-electron chi connectivity index (χ0n) is 10.1. The number of hydrazone groups is 1. The first-order valence-corrected chi connectivity index (χ1v) is 6.17. The molecule has 1 unspecified atom stereocenters. The first-order valence-electron chi connectivity index (χ1n) is 5.38. The zero-order chi connectivity index (χ0) is 14.4. The van der Waals surface area contributed by atoms with Crippen LogP contribution in [0.5, 0.6) is 0 Å². The predicted octanol–water partition coefficient (Wildman–Crippen LogP) is 3.04. The van der Waals surface area contributed by atoms with Gasteiger partial charge in [-0.25, -0.2) is 5.01 Å². The van der Waals surface area contributed by atoms with Crippen LogP contribution in [0.3, 0.4) is 0 Å². The maximum atomic E-state index is 12.7. The first-order chi connectivity index (χ1) is 8.64. The summed E-state index contributed by atoms with van der Waals surface area (Å²) in [5.41, 5.74) is -0.226.